The third kappa shape index (κ3) is 2.73. The van der Waals surface area contributed by atoms with Gasteiger partial charge in [0.15, 0.2) is 4.67 Å². The van der Waals surface area contributed by atoms with Gasteiger partial charge in [0.2, 0.25) is 0 Å². The van der Waals surface area contributed by atoms with E-state index in [2.05, 4.69) is 21.2 Å². The van der Waals surface area contributed by atoms with Gasteiger partial charge in [0.1, 0.15) is 5.76 Å². The summed E-state index contributed by atoms with van der Waals surface area (Å²) in [7, 11) is 0. The Hall–Kier alpha value is -1.75. The SMILES string of the molecule is CC(Nc1ccccc1C(=O)O)c1ccc(Br)o1. The molecule has 0 spiro atoms. The van der Waals surface area contributed by atoms with E-state index in [9.17, 15) is 4.79 Å². The predicted molar refractivity (Wildman–Crippen MR) is 71.8 cm³/mol. The van der Waals surface area contributed by atoms with E-state index in [-0.39, 0.29) is 11.6 Å². The molecular weight excluding hydrogens is 298 g/mol. The molecule has 0 amide bonds. The average molecular weight is 310 g/mol. The van der Waals surface area contributed by atoms with Crippen LogP contribution >= 0.6 is 15.9 Å². The molecule has 0 bridgehead atoms. The summed E-state index contributed by atoms with van der Waals surface area (Å²) in [4.78, 5) is 11.1. The molecule has 1 unspecified atom stereocenters. The first kappa shape index (κ1) is 12.7. The zero-order valence-corrected chi connectivity index (χ0v) is 11.3. The molecule has 18 heavy (non-hydrogen) atoms. The lowest BCUT2D eigenvalue weighted by Crippen LogP contribution is -2.09. The summed E-state index contributed by atoms with van der Waals surface area (Å²) >= 11 is 3.24. The minimum Gasteiger partial charge on any atom is -0.478 e. The Kier molecular flexibility index (Phi) is 3.72. The van der Waals surface area contributed by atoms with E-state index < -0.39 is 5.97 Å². The molecule has 5 heteroatoms. The molecule has 0 saturated heterocycles. The van der Waals surface area contributed by atoms with Crippen molar-refractivity contribution >= 4 is 27.6 Å². The summed E-state index contributed by atoms with van der Waals surface area (Å²) in [6, 6.07) is 10.3. The number of para-hydroxylation sites is 1. The van der Waals surface area contributed by atoms with Crippen LogP contribution in [0.4, 0.5) is 5.69 Å². The van der Waals surface area contributed by atoms with Crippen LogP contribution in [0.15, 0.2) is 45.5 Å². The van der Waals surface area contributed by atoms with Crippen molar-refractivity contribution in [2.24, 2.45) is 0 Å². The summed E-state index contributed by atoms with van der Waals surface area (Å²) < 4.78 is 6.08. The monoisotopic (exact) mass is 309 g/mol. The van der Waals surface area contributed by atoms with Crippen LogP contribution in [-0.2, 0) is 0 Å². The molecule has 0 radical (unpaired) electrons. The second-order valence-corrected chi connectivity index (χ2v) is 4.64. The summed E-state index contributed by atoms with van der Waals surface area (Å²) in [6.07, 6.45) is 0. The van der Waals surface area contributed by atoms with Crippen LogP contribution in [-0.4, -0.2) is 11.1 Å². The molecule has 0 aliphatic carbocycles. The van der Waals surface area contributed by atoms with Gasteiger partial charge < -0.3 is 14.8 Å². The molecule has 0 aliphatic heterocycles. The highest BCUT2D eigenvalue weighted by Gasteiger charge is 2.14. The molecule has 0 saturated carbocycles. The maximum absolute atomic E-state index is 11.1. The van der Waals surface area contributed by atoms with Crippen LogP contribution < -0.4 is 5.32 Å². The summed E-state index contributed by atoms with van der Waals surface area (Å²) in [5, 5.41) is 12.2. The molecule has 1 atom stereocenters. The highest BCUT2D eigenvalue weighted by molar-refractivity contribution is 9.10. The topological polar surface area (TPSA) is 62.5 Å². The Balaban J connectivity index is 2.21. The second-order valence-electron chi connectivity index (χ2n) is 3.86. The number of hydrogen-bond acceptors (Lipinski definition) is 3. The third-order valence-electron chi connectivity index (χ3n) is 2.55. The predicted octanol–water partition coefficient (Wildman–Crippen LogP) is 3.91. The quantitative estimate of drug-likeness (QED) is 0.898. The first-order chi connectivity index (χ1) is 8.58. The van der Waals surface area contributed by atoms with Crippen molar-refractivity contribution in [2.45, 2.75) is 13.0 Å². The number of rotatable bonds is 4. The number of hydrogen-bond donors (Lipinski definition) is 2. The molecule has 1 heterocycles. The second kappa shape index (κ2) is 5.27. The van der Waals surface area contributed by atoms with Crippen LogP contribution in [0.2, 0.25) is 0 Å². The van der Waals surface area contributed by atoms with Gasteiger partial charge in [0, 0.05) is 5.69 Å². The molecule has 1 aromatic carbocycles. The van der Waals surface area contributed by atoms with Crippen LogP contribution in [0.5, 0.6) is 0 Å². The molecule has 0 fully saturated rings. The van der Waals surface area contributed by atoms with Crippen molar-refractivity contribution in [3.63, 3.8) is 0 Å². The lowest BCUT2D eigenvalue weighted by Gasteiger charge is -2.14. The number of furan rings is 1. The van der Waals surface area contributed by atoms with Gasteiger partial charge in [-0.1, -0.05) is 12.1 Å². The van der Waals surface area contributed by atoms with Crippen molar-refractivity contribution in [1.29, 1.82) is 0 Å². The zero-order chi connectivity index (χ0) is 13.1. The maximum atomic E-state index is 11.1. The number of aromatic carboxylic acids is 1. The van der Waals surface area contributed by atoms with E-state index in [1.165, 1.54) is 0 Å². The van der Waals surface area contributed by atoms with E-state index in [4.69, 9.17) is 9.52 Å². The first-order valence-corrected chi connectivity index (χ1v) is 6.21. The van der Waals surface area contributed by atoms with E-state index in [1.807, 2.05) is 13.0 Å². The summed E-state index contributed by atoms with van der Waals surface area (Å²) in [6.45, 7) is 1.91. The van der Waals surface area contributed by atoms with Gasteiger partial charge in [-0.15, -0.1) is 0 Å². The molecular formula is C13H12BrNO3. The highest BCUT2D eigenvalue weighted by atomic mass is 79.9. The normalized spacial score (nSPS) is 12.1. The minimum atomic E-state index is -0.953. The Morgan fingerprint density at radius 1 is 1.33 bits per heavy atom. The van der Waals surface area contributed by atoms with E-state index in [1.54, 1.807) is 30.3 Å². The van der Waals surface area contributed by atoms with Crippen LogP contribution in [0, 0.1) is 0 Å². The van der Waals surface area contributed by atoms with Crippen LogP contribution in [0.1, 0.15) is 29.1 Å². The fourth-order valence-electron chi connectivity index (χ4n) is 1.66. The van der Waals surface area contributed by atoms with Gasteiger partial charge in [-0.3, -0.25) is 0 Å². The largest absolute Gasteiger partial charge is 0.478 e. The maximum Gasteiger partial charge on any atom is 0.337 e. The molecule has 2 N–H and O–H groups in total. The summed E-state index contributed by atoms with van der Waals surface area (Å²) in [5.41, 5.74) is 0.819. The highest BCUT2D eigenvalue weighted by Crippen LogP contribution is 2.25. The van der Waals surface area contributed by atoms with Gasteiger partial charge in [0.25, 0.3) is 0 Å². The Bertz CT molecular complexity index is 565. The number of carbonyl (C=O) groups is 1. The molecule has 2 rings (SSSR count). The number of benzene rings is 1. The fraction of sp³-hybridized carbons (Fsp3) is 0.154. The van der Waals surface area contributed by atoms with Crippen LogP contribution in [0.25, 0.3) is 0 Å². The third-order valence-corrected chi connectivity index (χ3v) is 2.98. The minimum absolute atomic E-state index is 0.114. The lowest BCUT2D eigenvalue weighted by molar-refractivity contribution is 0.0698. The van der Waals surface area contributed by atoms with E-state index in [0.717, 1.165) is 5.76 Å². The standard InChI is InChI=1S/C13H12BrNO3/c1-8(11-6-7-12(14)18-11)15-10-5-3-2-4-9(10)13(16)17/h2-8,15H,1H3,(H,16,17). The van der Waals surface area contributed by atoms with Gasteiger partial charge in [-0.05, 0) is 47.1 Å². The first-order valence-electron chi connectivity index (χ1n) is 5.42. The fourth-order valence-corrected chi connectivity index (χ4v) is 1.98. The van der Waals surface area contributed by atoms with Crippen molar-refractivity contribution in [3.05, 3.63) is 52.4 Å². The number of halogens is 1. The molecule has 4 nitrogen and oxygen atoms in total. The van der Waals surface area contributed by atoms with Gasteiger partial charge in [-0.25, -0.2) is 4.79 Å². The lowest BCUT2D eigenvalue weighted by atomic mass is 10.1. The van der Waals surface area contributed by atoms with Gasteiger partial charge >= 0.3 is 5.97 Å². The Morgan fingerprint density at radius 3 is 2.67 bits per heavy atom. The van der Waals surface area contributed by atoms with Gasteiger partial charge in [-0.2, -0.15) is 0 Å². The van der Waals surface area contributed by atoms with E-state index >= 15 is 0 Å². The number of carboxylic acid groups (broad SMARTS) is 1. The smallest absolute Gasteiger partial charge is 0.337 e. The molecule has 1 aromatic heterocycles. The number of carboxylic acids is 1. The summed E-state index contributed by atoms with van der Waals surface area (Å²) in [5.74, 6) is -0.215. The molecule has 2 aromatic rings. The Morgan fingerprint density at radius 2 is 2.06 bits per heavy atom. The zero-order valence-electron chi connectivity index (χ0n) is 9.68. The average Bonchev–Trinajstić information content (AvgIpc) is 2.76. The van der Waals surface area contributed by atoms with E-state index in [0.29, 0.717) is 10.4 Å². The van der Waals surface area contributed by atoms with Crippen molar-refractivity contribution in [1.82, 2.24) is 0 Å². The Labute approximate surface area is 113 Å². The van der Waals surface area contributed by atoms with Crippen molar-refractivity contribution in [3.8, 4) is 0 Å². The van der Waals surface area contributed by atoms with Crippen LogP contribution in [0.3, 0.4) is 0 Å². The van der Waals surface area contributed by atoms with Gasteiger partial charge in [0.05, 0.1) is 11.6 Å². The number of nitrogens with one attached hydrogen (secondary N) is 1. The molecule has 94 valence electrons. The van der Waals surface area contributed by atoms with Crippen molar-refractivity contribution < 1.29 is 14.3 Å². The van der Waals surface area contributed by atoms with Crippen molar-refractivity contribution in [2.75, 3.05) is 5.32 Å². The number of anilines is 1. The molecule has 0 aliphatic rings.